The van der Waals surface area contributed by atoms with Gasteiger partial charge < -0.3 is 20.3 Å². The van der Waals surface area contributed by atoms with E-state index in [9.17, 15) is 19.8 Å². The maximum Gasteiger partial charge on any atom is 0.306 e. The Labute approximate surface area is 397 Å². The molecule has 372 valence electrons. The molecule has 0 aliphatic carbocycles. The Bertz CT molecular complexity index is 1140. The van der Waals surface area contributed by atoms with Gasteiger partial charge in [0.05, 0.1) is 25.2 Å². The van der Waals surface area contributed by atoms with Gasteiger partial charge >= 0.3 is 5.97 Å². The van der Waals surface area contributed by atoms with Crippen LogP contribution in [0.1, 0.15) is 271 Å². The van der Waals surface area contributed by atoms with Gasteiger partial charge in [0.1, 0.15) is 6.10 Å². The quantitative estimate of drug-likeness (QED) is 0.0245. The van der Waals surface area contributed by atoms with Crippen molar-refractivity contribution in [3.05, 3.63) is 60.8 Å². The zero-order valence-electron chi connectivity index (χ0n) is 42.4. The first-order chi connectivity index (χ1) is 31.5. The van der Waals surface area contributed by atoms with E-state index in [-0.39, 0.29) is 24.9 Å². The lowest BCUT2D eigenvalue weighted by molar-refractivity contribution is -0.151. The van der Waals surface area contributed by atoms with Crippen LogP contribution in [0.25, 0.3) is 0 Å². The van der Waals surface area contributed by atoms with E-state index >= 15 is 0 Å². The second-order valence-electron chi connectivity index (χ2n) is 18.7. The van der Waals surface area contributed by atoms with Crippen molar-refractivity contribution in [2.75, 3.05) is 6.61 Å². The van der Waals surface area contributed by atoms with Crippen molar-refractivity contribution >= 4 is 11.9 Å². The van der Waals surface area contributed by atoms with Crippen LogP contribution in [0.2, 0.25) is 0 Å². The van der Waals surface area contributed by atoms with Crippen LogP contribution >= 0.6 is 0 Å². The van der Waals surface area contributed by atoms with Crippen LogP contribution in [-0.2, 0) is 14.3 Å². The highest BCUT2D eigenvalue weighted by atomic mass is 16.5. The number of unbranched alkanes of at least 4 members (excludes halogenated alkanes) is 28. The topological polar surface area (TPSA) is 95.9 Å². The molecule has 6 heteroatoms. The first kappa shape index (κ1) is 61.6. The van der Waals surface area contributed by atoms with Crippen molar-refractivity contribution in [2.24, 2.45) is 0 Å². The summed E-state index contributed by atoms with van der Waals surface area (Å²) in [5.74, 6) is -0.504. The number of allylic oxidation sites excluding steroid dienone is 10. The Morgan fingerprint density at radius 3 is 1.33 bits per heavy atom. The summed E-state index contributed by atoms with van der Waals surface area (Å²) in [5, 5.41) is 23.8. The average Bonchev–Trinajstić information content (AvgIpc) is 3.29. The maximum atomic E-state index is 13.2. The maximum absolute atomic E-state index is 13.2. The minimum absolute atomic E-state index is 0.0572. The Balaban J connectivity index is 4.65. The van der Waals surface area contributed by atoms with Gasteiger partial charge in [-0.3, -0.25) is 9.59 Å². The van der Waals surface area contributed by atoms with Crippen molar-refractivity contribution in [3.63, 3.8) is 0 Å². The molecule has 0 aliphatic rings. The van der Waals surface area contributed by atoms with Gasteiger partial charge in [-0.1, -0.05) is 229 Å². The van der Waals surface area contributed by atoms with Crippen LogP contribution in [0.15, 0.2) is 60.8 Å². The van der Waals surface area contributed by atoms with E-state index in [2.05, 4.69) is 86.8 Å². The van der Waals surface area contributed by atoms with E-state index in [1.54, 1.807) is 0 Å². The molecule has 0 saturated heterocycles. The fourth-order valence-electron chi connectivity index (χ4n) is 8.13. The molecular weight excluding hydrogens is 791 g/mol. The number of esters is 1. The Hall–Kier alpha value is -2.44. The SMILES string of the molecule is CCCCC/C=C\C/C=C\C/C=C\CCCCCCC(CC(=O)NC(CO)C(O)CCCCCCCCCCCCCCC)OC(=O)CCCCCCCC/C=C/C=C/CCCCC. The van der Waals surface area contributed by atoms with Gasteiger partial charge in [-0.05, 0) is 89.9 Å². The molecule has 0 fully saturated rings. The number of nitrogens with one attached hydrogen (secondary N) is 1. The summed E-state index contributed by atoms with van der Waals surface area (Å²) in [4.78, 5) is 26.2. The van der Waals surface area contributed by atoms with Crippen molar-refractivity contribution in [1.29, 1.82) is 0 Å². The number of hydrogen-bond donors (Lipinski definition) is 3. The molecule has 0 bridgehead atoms. The van der Waals surface area contributed by atoms with Crippen LogP contribution in [0.3, 0.4) is 0 Å². The van der Waals surface area contributed by atoms with E-state index in [0.717, 1.165) is 89.9 Å². The number of ether oxygens (including phenoxy) is 1. The van der Waals surface area contributed by atoms with Gasteiger partial charge in [-0.15, -0.1) is 0 Å². The van der Waals surface area contributed by atoms with E-state index in [1.807, 2.05) is 0 Å². The smallest absolute Gasteiger partial charge is 0.306 e. The predicted octanol–water partition coefficient (Wildman–Crippen LogP) is 16.8. The number of aliphatic hydroxyl groups excluding tert-OH is 2. The monoisotopic (exact) mass is 896 g/mol. The zero-order valence-corrected chi connectivity index (χ0v) is 42.4. The molecule has 0 aromatic carbocycles. The fourth-order valence-corrected chi connectivity index (χ4v) is 8.13. The molecule has 0 aromatic rings. The first-order valence-electron chi connectivity index (χ1n) is 27.5. The lowest BCUT2D eigenvalue weighted by Gasteiger charge is -2.24. The lowest BCUT2D eigenvalue weighted by Crippen LogP contribution is -2.46. The largest absolute Gasteiger partial charge is 0.462 e. The summed E-state index contributed by atoms with van der Waals surface area (Å²) < 4.78 is 5.94. The van der Waals surface area contributed by atoms with Gasteiger partial charge in [0, 0.05) is 6.42 Å². The lowest BCUT2D eigenvalue weighted by atomic mass is 10.0. The molecule has 0 rings (SSSR count). The van der Waals surface area contributed by atoms with E-state index < -0.39 is 18.2 Å². The molecule has 3 unspecified atom stereocenters. The number of hydrogen-bond acceptors (Lipinski definition) is 5. The number of carbonyl (C=O) groups is 2. The van der Waals surface area contributed by atoms with Crippen LogP contribution in [0, 0.1) is 0 Å². The molecule has 0 heterocycles. The highest BCUT2D eigenvalue weighted by Gasteiger charge is 2.24. The summed E-state index contributed by atoms with van der Waals surface area (Å²) in [6.45, 7) is 6.43. The van der Waals surface area contributed by atoms with Crippen LogP contribution in [-0.4, -0.2) is 46.9 Å². The third-order valence-corrected chi connectivity index (χ3v) is 12.3. The second-order valence-corrected chi connectivity index (χ2v) is 18.7. The second kappa shape index (κ2) is 51.5. The normalized spacial score (nSPS) is 13.6. The van der Waals surface area contributed by atoms with Gasteiger partial charge in [0.25, 0.3) is 0 Å². The number of aliphatic hydroxyl groups is 2. The summed E-state index contributed by atoms with van der Waals surface area (Å²) in [7, 11) is 0. The number of carbonyl (C=O) groups excluding carboxylic acids is 2. The minimum atomic E-state index is -0.797. The zero-order chi connectivity index (χ0) is 46.7. The predicted molar refractivity (Wildman–Crippen MR) is 278 cm³/mol. The Morgan fingerprint density at radius 1 is 0.469 bits per heavy atom. The summed E-state index contributed by atoms with van der Waals surface area (Å²) in [6.07, 6.45) is 64.1. The van der Waals surface area contributed by atoms with Crippen LogP contribution in [0.4, 0.5) is 0 Å². The van der Waals surface area contributed by atoms with E-state index in [4.69, 9.17) is 4.74 Å². The summed E-state index contributed by atoms with van der Waals surface area (Å²) >= 11 is 0. The molecule has 6 nitrogen and oxygen atoms in total. The van der Waals surface area contributed by atoms with E-state index in [1.165, 1.54) is 135 Å². The molecule has 0 saturated carbocycles. The highest BCUT2D eigenvalue weighted by molar-refractivity contribution is 5.77. The Morgan fingerprint density at radius 2 is 0.844 bits per heavy atom. The first-order valence-corrected chi connectivity index (χ1v) is 27.5. The average molecular weight is 896 g/mol. The van der Waals surface area contributed by atoms with Gasteiger partial charge in [-0.2, -0.15) is 0 Å². The molecule has 0 aromatic heterocycles. The van der Waals surface area contributed by atoms with Gasteiger partial charge in [0.2, 0.25) is 5.91 Å². The fraction of sp³-hybridized carbons (Fsp3) is 0.793. The molecule has 3 N–H and O–H groups in total. The van der Waals surface area contributed by atoms with Crippen molar-refractivity contribution in [3.8, 4) is 0 Å². The van der Waals surface area contributed by atoms with Crippen molar-refractivity contribution in [2.45, 2.75) is 289 Å². The van der Waals surface area contributed by atoms with Crippen molar-refractivity contribution in [1.82, 2.24) is 5.32 Å². The summed E-state index contributed by atoms with van der Waals surface area (Å²) in [6, 6.07) is -0.713. The molecule has 64 heavy (non-hydrogen) atoms. The number of amides is 1. The van der Waals surface area contributed by atoms with Crippen LogP contribution in [0.5, 0.6) is 0 Å². The third-order valence-electron chi connectivity index (χ3n) is 12.3. The van der Waals surface area contributed by atoms with Crippen LogP contribution < -0.4 is 5.32 Å². The van der Waals surface area contributed by atoms with Gasteiger partial charge in [0.15, 0.2) is 0 Å². The molecule has 0 aliphatic heterocycles. The summed E-state index contributed by atoms with van der Waals surface area (Å²) in [5.41, 5.74) is 0. The molecule has 3 atom stereocenters. The van der Waals surface area contributed by atoms with Crippen molar-refractivity contribution < 1.29 is 24.5 Å². The highest BCUT2D eigenvalue weighted by Crippen LogP contribution is 2.18. The third kappa shape index (κ3) is 46.1. The molecule has 1 amide bonds. The van der Waals surface area contributed by atoms with E-state index in [0.29, 0.717) is 19.3 Å². The molecule has 0 spiro atoms. The molecular formula is C58H105NO5. The Kier molecular flexibility index (Phi) is 49.6. The number of rotatable bonds is 49. The molecule has 0 radical (unpaired) electrons. The van der Waals surface area contributed by atoms with Gasteiger partial charge in [-0.25, -0.2) is 0 Å². The minimum Gasteiger partial charge on any atom is -0.462 e. The standard InChI is InChI=1S/C58H105NO5/c1-4-7-10-13-16-19-22-25-27-28-30-32-34-37-40-43-46-49-54(64-58(63)51-48-45-42-39-36-33-29-26-23-20-17-14-11-8-5-2)52-57(62)59-55(53-60)56(61)50-47-44-41-38-35-31-24-21-18-15-12-9-6-3/h16-17,19-20,23,25-27,30,32,54-56,60-61H,4-15,18,21-22,24,28-29,31,33-53H2,1-3H3,(H,59,62)/b19-16-,20-17+,26-23+,27-25-,32-30-.